The smallest absolute Gasteiger partial charge is 0.145 e. The molecule has 2 aliphatic carbocycles. The average molecular weight is 884 g/mol. The van der Waals surface area contributed by atoms with Gasteiger partial charge in [0.05, 0.1) is 16.4 Å². The van der Waals surface area contributed by atoms with Crippen molar-refractivity contribution in [2.45, 2.75) is 24.2 Å². The Morgan fingerprint density at radius 2 is 1.06 bits per heavy atom. The summed E-state index contributed by atoms with van der Waals surface area (Å²) in [6.07, 6.45) is 5.74. The molecule has 1 unspecified atom stereocenters. The first-order chi connectivity index (χ1) is 34.0. The lowest BCUT2D eigenvalue weighted by Crippen LogP contribution is -2.36. The van der Waals surface area contributed by atoms with Crippen molar-refractivity contribution in [2.24, 2.45) is 0 Å². The van der Waals surface area contributed by atoms with Gasteiger partial charge in [0.1, 0.15) is 5.82 Å². The normalized spacial score (nSPS) is 15.7. The van der Waals surface area contributed by atoms with Gasteiger partial charge in [0, 0.05) is 35.1 Å². The number of nitrogens with zero attached hydrogens (tertiary/aromatic N) is 3. The van der Waals surface area contributed by atoms with Crippen LogP contribution in [-0.2, 0) is 17.3 Å². The average Bonchev–Trinajstić information content (AvgIpc) is 3.95. The summed E-state index contributed by atoms with van der Waals surface area (Å²) in [6.45, 7) is 2.41. The number of fused-ring (bicyclic) bond motifs is 12. The summed E-state index contributed by atoms with van der Waals surface area (Å²) in [6, 6.07) is 86.0. The first kappa shape index (κ1) is 40.7. The minimum absolute atomic E-state index is 0.111. The lowest BCUT2D eigenvalue weighted by Gasteiger charge is -2.44. The largest absolute Gasteiger partial charge is 0.344 e. The fourth-order valence-electron chi connectivity index (χ4n) is 11.7. The number of aromatic nitrogens is 2. The zero-order valence-electron chi connectivity index (χ0n) is 38.7. The van der Waals surface area contributed by atoms with E-state index in [-0.39, 0.29) is 5.41 Å². The molecule has 0 radical (unpaired) electrons. The zero-order chi connectivity index (χ0) is 46.1. The van der Waals surface area contributed by atoms with E-state index in [1.807, 2.05) is 30.3 Å². The maximum Gasteiger partial charge on any atom is 0.145 e. The Kier molecular flexibility index (Phi) is 9.49. The standard InChI is InChI=1S/C47H35N.C19H14N2/c1-46(26-25-32-12-4-6-14-36(32)30-46)37-22-24-39-38-23-21-35(34-20-19-31-11-3-5-13-33(31)27-34)28-42(38)47(43(39)29-37)40-15-7-9-17-44(40)48(2)45-18-10-8-16-41(45)47;1-3-9-15(10-4-1)19-20-17-13-7-8-14-18(17)21(19)16-11-5-2-6-12-16/h3-29H,30H2,1-2H3;1-14H. The van der Waals surface area contributed by atoms with Crippen molar-refractivity contribution >= 4 is 39.3 Å². The Balaban J connectivity index is 0.000000186. The molecule has 1 aliphatic heterocycles. The molecule has 3 heteroatoms. The van der Waals surface area contributed by atoms with Crippen molar-refractivity contribution in [1.29, 1.82) is 0 Å². The number of rotatable bonds is 4. The minimum Gasteiger partial charge on any atom is -0.344 e. The van der Waals surface area contributed by atoms with Crippen LogP contribution >= 0.6 is 0 Å². The van der Waals surface area contributed by atoms with E-state index in [1.54, 1.807) is 0 Å². The summed E-state index contributed by atoms with van der Waals surface area (Å²) in [5.74, 6) is 0.975. The highest BCUT2D eigenvalue weighted by Gasteiger charge is 2.51. The Labute approximate surface area is 404 Å². The van der Waals surface area contributed by atoms with Gasteiger partial charge in [-0.1, -0.05) is 207 Å². The lowest BCUT2D eigenvalue weighted by atomic mass is 9.63. The van der Waals surface area contributed by atoms with Crippen LogP contribution < -0.4 is 4.90 Å². The van der Waals surface area contributed by atoms with E-state index >= 15 is 0 Å². The molecule has 14 rings (SSSR count). The number of benzene rings is 10. The first-order valence-corrected chi connectivity index (χ1v) is 24.1. The summed E-state index contributed by atoms with van der Waals surface area (Å²) in [7, 11) is 2.22. The van der Waals surface area contributed by atoms with Gasteiger partial charge in [-0.3, -0.25) is 4.57 Å². The van der Waals surface area contributed by atoms with Crippen molar-refractivity contribution in [1.82, 2.24) is 9.55 Å². The quantitative estimate of drug-likeness (QED) is 0.176. The SMILES string of the molecule is CN1c2ccccc2C2(c3cc(-c4ccc5ccccc5c4)ccc3-c3ccc(C4(C)C=Cc5ccccc5C4)cc32)c2ccccc21.c1ccc(-c2nc3ccccc3n2-c2ccccc2)cc1. The van der Waals surface area contributed by atoms with Crippen LogP contribution in [0.2, 0.25) is 0 Å². The summed E-state index contributed by atoms with van der Waals surface area (Å²) in [5.41, 5.74) is 21.0. The second kappa shape index (κ2) is 16.1. The third-order valence-electron chi connectivity index (χ3n) is 15.1. The topological polar surface area (TPSA) is 21.1 Å². The molecular formula is C66H49N3. The van der Waals surface area contributed by atoms with Gasteiger partial charge in [0.2, 0.25) is 0 Å². The van der Waals surface area contributed by atoms with Gasteiger partial charge in [0.25, 0.3) is 0 Å². The van der Waals surface area contributed by atoms with Crippen molar-refractivity contribution in [2.75, 3.05) is 11.9 Å². The molecule has 2 heterocycles. The Hall–Kier alpha value is -8.53. The van der Waals surface area contributed by atoms with Crippen LogP contribution in [0.3, 0.4) is 0 Å². The van der Waals surface area contributed by atoms with Gasteiger partial charge in [-0.2, -0.15) is 0 Å². The molecule has 0 N–H and O–H groups in total. The molecular weight excluding hydrogens is 835 g/mol. The molecule has 69 heavy (non-hydrogen) atoms. The van der Waals surface area contributed by atoms with Crippen LogP contribution in [0.1, 0.15) is 45.9 Å². The van der Waals surface area contributed by atoms with Gasteiger partial charge in [-0.25, -0.2) is 4.98 Å². The van der Waals surface area contributed by atoms with Gasteiger partial charge in [-0.15, -0.1) is 0 Å². The molecule has 0 saturated carbocycles. The minimum atomic E-state index is -0.458. The number of allylic oxidation sites excluding steroid dienone is 1. The van der Waals surface area contributed by atoms with Crippen LogP contribution in [-0.4, -0.2) is 16.6 Å². The van der Waals surface area contributed by atoms with E-state index in [4.69, 9.17) is 4.98 Å². The molecule has 3 aliphatic rings. The predicted molar refractivity (Wildman–Crippen MR) is 288 cm³/mol. The molecule has 10 aromatic carbocycles. The van der Waals surface area contributed by atoms with Crippen molar-refractivity contribution in [3.63, 3.8) is 0 Å². The molecule has 1 aromatic heterocycles. The van der Waals surface area contributed by atoms with Gasteiger partial charge in [0.15, 0.2) is 0 Å². The molecule has 1 spiro atoms. The van der Waals surface area contributed by atoms with Crippen LogP contribution in [0.5, 0.6) is 0 Å². The number of hydrogen-bond donors (Lipinski definition) is 0. The third kappa shape index (κ3) is 6.45. The second-order valence-corrected chi connectivity index (χ2v) is 19.0. The summed E-state index contributed by atoms with van der Waals surface area (Å²) in [5, 5.41) is 2.54. The van der Waals surface area contributed by atoms with E-state index < -0.39 is 5.41 Å². The second-order valence-electron chi connectivity index (χ2n) is 19.0. The highest BCUT2D eigenvalue weighted by Crippen LogP contribution is 2.63. The predicted octanol–water partition coefficient (Wildman–Crippen LogP) is 16.2. The Bertz CT molecular complexity index is 3760. The molecule has 0 amide bonds. The molecule has 1 atom stereocenters. The summed E-state index contributed by atoms with van der Waals surface area (Å²) in [4.78, 5) is 7.20. The van der Waals surface area contributed by atoms with Crippen LogP contribution in [0.4, 0.5) is 11.4 Å². The van der Waals surface area contributed by atoms with E-state index in [9.17, 15) is 0 Å². The maximum atomic E-state index is 4.82. The Morgan fingerprint density at radius 3 is 1.84 bits per heavy atom. The number of para-hydroxylation sites is 5. The van der Waals surface area contributed by atoms with Crippen molar-refractivity contribution < 1.29 is 0 Å². The van der Waals surface area contributed by atoms with Crippen LogP contribution in [0.15, 0.2) is 243 Å². The number of anilines is 2. The maximum absolute atomic E-state index is 4.82. The monoisotopic (exact) mass is 883 g/mol. The van der Waals surface area contributed by atoms with Crippen LogP contribution in [0, 0.1) is 0 Å². The molecule has 328 valence electrons. The van der Waals surface area contributed by atoms with Gasteiger partial charge in [-0.05, 0) is 127 Å². The zero-order valence-corrected chi connectivity index (χ0v) is 38.7. The van der Waals surface area contributed by atoms with E-state index in [1.165, 1.54) is 83.3 Å². The molecule has 0 fully saturated rings. The molecule has 0 bridgehead atoms. The van der Waals surface area contributed by atoms with Crippen LogP contribution in [0.25, 0.3) is 67.2 Å². The molecule has 0 saturated heterocycles. The third-order valence-corrected chi connectivity index (χ3v) is 15.1. The highest BCUT2D eigenvalue weighted by molar-refractivity contribution is 5.95. The molecule has 11 aromatic rings. The van der Waals surface area contributed by atoms with Gasteiger partial charge >= 0.3 is 0 Å². The molecule has 3 nitrogen and oxygen atoms in total. The Morgan fingerprint density at radius 1 is 0.464 bits per heavy atom. The van der Waals surface area contributed by atoms with Crippen molar-refractivity contribution in [3.05, 3.63) is 282 Å². The first-order valence-electron chi connectivity index (χ1n) is 24.1. The summed E-state index contributed by atoms with van der Waals surface area (Å²) < 4.78 is 2.21. The van der Waals surface area contributed by atoms with E-state index in [0.29, 0.717) is 0 Å². The van der Waals surface area contributed by atoms with Crippen molar-refractivity contribution in [3.8, 4) is 39.3 Å². The van der Waals surface area contributed by atoms with E-state index in [2.05, 4.69) is 242 Å². The fourth-order valence-corrected chi connectivity index (χ4v) is 11.7. The van der Waals surface area contributed by atoms with E-state index in [0.717, 1.165) is 34.5 Å². The van der Waals surface area contributed by atoms with Gasteiger partial charge < -0.3 is 4.90 Å². The summed E-state index contributed by atoms with van der Waals surface area (Å²) >= 11 is 0. The number of imidazole rings is 1. The number of hydrogen-bond acceptors (Lipinski definition) is 2. The lowest BCUT2D eigenvalue weighted by molar-refractivity contribution is 0.585. The highest BCUT2D eigenvalue weighted by atomic mass is 15.1. The fraction of sp³-hybridized carbons (Fsp3) is 0.0758.